The Hall–Kier alpha value is -0.880. The largest absolute Gasteiger partial charge is 0.312 e. The SMILES string of the molecule is CC(C)CNCc1ccc(-n2cc(I)cn2)cc1. The van der Waals surface area contributed by atoms with E-state index in [9.17, 15) is 0 Å². The Morgan fingerprint density at radius 1 is 1.28 bits per heavy atom. The molecule has 3 nitrogen and oxygen atoms in total. The van der Waals surface area contributed by atoms with E-state index in [-0.39, 0.29) is 0 Å². The molecular weight excluding hydrogens is 337 g/mol. The summed E-state index contributed by atoms with van der Waals surface area (Å²) < 4.78 is 3.04. The number of nitrogens with one attached hydrogen (secondary N) is 1. The molecule has 0 saturated heterocycles. The molecule has 4 heteroatoms. The summed E-state index contributed by atoms with van der Waals surface area (Å²) in [4.78, 5) is 0. The Labute approximate surface area is 122 Å². The minimum Gasteiger partial charge on any atom is -0.312 e. The molecule has 0 aliphatic rings. The van der Waals surface area contributed by atoms with Gasteiger partial charge in [-0.1, -0.05) is 26.0 Å². The molecule has 1 heterocycles. The van der Waals surface area contributed by atoms with E-state index in [0.717, 1.165) is 22.3 Å². The number of hydrogen-bond donors (Lipinski definition) is 1. The first-order chi connectivity index (χ1) is 8.65. The second-order valence-corrected chi connectivity index (χ2v) is 6.04. The van der Waals surface area contributed by atoms with E-state index in [2.05, 4.69) is 71.1 Å². The smallest absolute Gasteiger partial charge is 0.0646 e. The van der Waals surface area contributed by atoms with Crippen LogP contribution in [0.5, 0.6) is 0 Å². The zero-order valence-electron chi connectivity index (χ0n) is 10.7. The summed E-state index contributed by atoms with van der Waals surface area (Å²) in [6, 6.07) is 8.51. The predicted molar refractivity (Wildman–Crippen MR) is 82.8 cm³/mol. The van der Waals surface area contributed by atoms with Crippen LogP contribution in [0.2, 0.25) is 0 Å². The Morgan fingerprint density at radius 2 is 2.00 bits per heavy atom. The van der Waals surface area contributed by atoms with E-state index in [1.54, 1.807) is 0 Å². The van der Waals surface area contributed by atoms with Crippen molar-refractivity contribution in [3.63, 3.8) is 0 Å². The molecule has 0 aliphatic heterocycles. The zero-order valence-corrected chi connectivity index (χ0v) is 12.9. The maximum atomic E-state index is 4.29. The van der Waals surface area contributed by atoms with Gasteiger partial charge in [-0.2, -0.15) is 5.10 Å². The summed E-state index contributed by atoms with van der Waals surface area (Å²) in [5.74, 6) is 0.690. The first kappa shape index (κ1) is 13.5. The van der Waals surface area contributed by atoms with Crippen molar-refractivity contribution in [1.29, 1.82) is 0 Å². The highest BCUT2D eigenvalue weighted by atomic mass is 127. The van der Waals surface area contributed by atoms with E-state index in [1.165, 1.54) is 5.56 Å². The van der Waals surface area contributed by atoms with Crippen LogP contribution in [0, 0.1) is 9.49 Å². The summed E-state index contributed by atoms with van der Waals surface area (Å²) in [5, 5.41) is 7.74. The normalized spacial score (nSPS) is 11.1. The highest BCUT2D eigenvalue weighted by Crippen LogP contribution is 2.11. The van der Waals surface area contributed by atoms with Crippen LogP contribution in [-0.4, -0.2) is 16.3 Å². The molecule has 2 aromatic rings. The van der Waals surface area contributed by atoms with Gasteiger partial charge >= 0.3 is 0 Å². The van der Waals surface area contributed by atoms with E-state index in [4.69, 9.17) is 0 Å². The quantitative estimate of drug-likeness (QED) is 0.835. The Morgan fingerprint density at radius 3 is 2.56 bits per heavy atom. The third kappa shape index (κ3) is 3.81. The molecule has 1 aromatic heterocycles. The lowest BCUT2D eigenvalue weighted by atomic mass is 10.2. The summed E-state index contributed by atoms with van der Waals surface area (Å²) in [5.41, 5.74) is 2.41. The minimum absolute atomic E-state index is 0.690. The van der Waals surface area contributed by atoms with Gasteiger partial charge in [0.25, 0.3) is 0 Å². The topological polar surface area (TPSA) is 29.9 Å². The number of halogens is 1. The molecule has 0 atom stereocenters. The highest BCUT2D eigenvalue weighted by molar-refractivity contribution is 14.1. The fraction of sp³-hybridized carbons (Fsp3) is 0.357. The third-order valence-corrected chi connectivity index (χ3v) is 3.19. The molecule has 0 saturated carbocycles. The van der Waals surface area contributed by atoms with Crippen molar-refractivity contribution in [2.75, 3.05) is 6.54 Å². The summed E-state index contributed by atoms with van der Waals surface area (Å²) >= 11 is 2.27. The van der Waals surface area contributed by atoms with E-state index < -0.39 is 0 Å². The van der Waals surface area contributed by atoms with Crippen molar-refractivity contribution >= 4 is 22.6 Å². The van der Waals surface area contributed by atoms with E-state index >= 15 is 0 Å². The average molecular weight is 355 g/mol. The van der Waals surface area contributed by atoms with Crippen molar-refractivity contribution in [3.05, 3.63) is 45.8 Å². The summed E-state index contributed by atoms with van der Waals surface area (Å²) in [6.07, 6.45) is 3.88. The predicted octanol–water partition coefficient (Wildman–Crippen LogP) is 3.22. The van der Waals surface area contributed by atoms with Gasteiger partial charge in [-0.3, -0.25) is 0 Å². The van der Waals surface area contributed by atoms with Crippen LogP contribution >= 0.6 is 22.6 Å². The molecule has 1 aromatic carbocycles. The second kappa shape index (κ2) is 6.33. The molecule has 96 valence electrons. The molecule has 0 amide bonds. The third-order valence-electron chi connectivity index (χ3n) is 2.63. The fourth-order valence-corrected chi connectivity index (χ4v) is 2.10. The van der Waals surface area contributed by atoms with Gasteiger partial charge in [-0.15, -0.1) is 0 Å². The standard InChI is InChI=1S/C14H18IN3/c1-11(2)7-16-8-12-3-5-14(6-4-12)18-10-13(15)9-17-18/h3-6,9-11,16H,7-8H2,1-2H3. The van der Waals surface area contributed by atoms with Crippen molar-refractivity contribution in [2.45, 2.75) is 20.4 Å². The van der Waals surface area contributed by atoms with Crippen LogP contribution in [0.15, 0.2) is 36.7 Å². The van der Waals surface area contributed by atoms with E-state index in [1.807, 2.05) is 17.1 Å². The number of nitrogens with zero attached hydrogens (tertiary/aromatic N) is 2. The zero-order chi connectivity index (χ0) is 13.0. The number of hydrogen-bond acceptors (Lipinski definition) is 2. The molecule has 0 aliphatic carbocycles. The Bertz CT molecular complexity index is 488. The van der Waals surface area contributed by atoms with Gasteiger partial charge in [-0.05, 0) is 52.7 Å². The van der Waals surface area contributed by atoms with Gasteiger partial charge in [0.15, 0.2) is 0 Å². The molecule has 0 spiro atoms. The molecule has 0 radical (unpaired) electrons. The fourth-order valence-electron chi connectivity index (χ4n) is 1.71. The van der Waals surface area contributed by atoms with Gasteiger partial charge in [0.05, 0.1) is 15.5 Å². The first-order valence-electron chi connectivity index (χ1n) is 6.15. The maximum Gasteiger partial charge on any atom is 0.0646 e. The van der Waals surface area contributed by atoms with Gasteiger partial charge in [0, 0.05) is 12.7 Å². The summed E-state index contributed by atoms with van der Waals surface area (Å²) in [6.45, 7) is 6.42. The van der Waals surface area contributed by atoms with Crippen LogP contribution in [0.25, 0.3) is 5.69 Å². The van der Waals surface area contributed by atoms with Gasteiger partial charge in [-0.25, -0.2) is 4.68 Å². The van der Waals surface area contributed by atoms with Gasteiger partial charge in [0.1, 0.15) is 0 Å². The molecule has 0 unspecified atom stereocenters. The molecule has 1 N–H and O–H groups in total. The number of aromatic nitrogens is 2. The minimum atomic E-state index is 0.690. The average Bonchev–Trinajstić information content (AvgIpc) is 2.76. The lowest BCUT2D eigenvalue weighted by molar-refractivity contribution is 0.552. The van der Waals surface area contributed by atoms with Gasteiger partial charge in [0.2, 0.25) is 0 Å². The molecular formula is C14H18IN3. The number of benzene rings is 1. The van der Waals surface area contributed by atoms with Crippen molar-refractivity contribution < 1.29 is 0 Å². The highest BCUT2D eigenvalue weighted by Gasteiger charge is 1.99. The van der Waals surface area contributed by atoms with Crippen LogP contribution in [0.1, 0.15) is 19.4 Å². The molecule has 0 bridgehead atoms. The van der Waals surface area contributed by atoms with Crippen LogP contribution in [-0.2, 0) is 6.54 Å². The second-order valence-electron chi connectivity index (χ2n) is 4.79. The van der Waals surface area contributed by atoms with Crippen molar-refractivity contribution in [1.82, 2.24) is 15.1 Å². The molecule has 2 rings (SSSR count). The van der Waals surface area contributed by atoms with Crippen LogP contribution in [0.4, 0.5) is 0 Å². The monoisotopic (exact) mass is 355 g/mol. The van der Waals surface area contributed by atoms with E-state index in [0.29, 0.717) is 5.92 Å². The molecule has 18 heavy (non-hydrogen) atoms. The lowest BCUT2D eigenvalue weighted by Gasteiger charge is -2.08. The number of rotatable bonds is 5. The van der Waals surface area contributed by atoms with Crippen LogP contribution in [0.3, 0.4) is 0 Å². The maximum absolute atomic E-state index is 4.29. The lowest BCUT2D eigenvalue weighted by Crippen LogP contribution is -2.18. The van der Waals surface area contributed by atoms with Crippen LogP contribution < -0.4 is 5.32 Å². The summed E-state index contributed by atoms with van der Waals surface area (Å²) in [7, 11) is 0. The van der Waals surface area contributed by atoms with Crippen molar-refractivity contribution in [2.24, 2.45) is 5.92 Å². The van der Waals surface area contributed by atoms with Crippen molar-refractivity contribution in [3.8, 4) is 5.69 Å². The first-order valence-corrected chi connectivity index (χ1v) is 7.23. The van der Waals surface area contributed by atoms with Gasteiger partial charge < -0.3 is 5.32 Å². The molecule has 0 fully saturated rings. The Kier molecular flexibility index (Phi) is 4.77. The Balaban J connectivity index is 1.97.